The number of methoxy groups -OCH3 is 1. The van der Waals surface area contributed by atoms with E-state index < -0.39 is 29.3 Å². The van der Waals surface area contributed by atoms with Crippen LogP contribution in [0.3, 0.4) is 0 Å². The molecule has 0 bridgehead atoms. The van der Waals surface area contributed by atoms with E-state index in [1.54, 1.807) is 7.11 Å². The second-order valence-electron chi connectivity index (χ2n) is 13.2. The van der Waals surface area contributed by atoms with Gasteiger partial charge in [-0.2, -0.15) is 13.2 Å². The van der Waals surface area contributed by atoms with Crippen LogP contribution in [0.2, 0.25) is 0 Å². The summed E-state index contributed by atoms with van der Waals surface area (Å²) in [6, 6.07) is 7.62. The summed E-state index contributed by atoms with van der Waals surface area (Å²) in [5.41, 5.74) is 3.74. The van der Waals surface area contributed by atoms with Crippen molar-refractivity contribution in [2.45, 2.75) is 89.0 Å². The highest BCUT2D eigenvalue weighted by atomic mass is 19.4. The van der Waals surface area contributed by atoms with Gasteiger partial charge >= 0.3 is 6.18 Å². The van der Waals surface area contributed by atoms with Crippen LogP contribution in [0.4, 0.5) is 18.9 Å². The molecule has 1 aliphatic heterocycles. The third-order valence-electron chi connectivity index (χ3n) is 10.3. The van der Waals surface area contributed by atoms with E-state index in [1.807, 2.05) is 38.1 Å². The lowest BCUT2D eigenvalue weighted by Gasteiger charge is -2.53. The average Bonchev–Trinajstić information content (AvgIpc) is 3.17. The molecule has 4 nitrogen and oxygen atoms in total. The predicted molar refractivity (Wildman–Crippen MR) is 156 cm³/mol. The monoisotopic (exact) mass is 571 g/mol. The van der Waals surface area contributed by atoms with Crippen molar-refractivity contribution >= 4 is 5.69 Å². The molecule has 3 aliphatic carbocycles. The minimum atomic E-state index is -4.27. The summed E-state index contributed by atoms with van der Waals surface area (Å²) >= 11 is 0. The minimum absolute atomic E-state index is 0.0594. The van der Waals surface area contributed by atoms with Gasteiger partial charge in [0.1, 0.15) is 17.7 Å². The summed E-state index contributed by atoms with van der Waals surface area (Å²) in [6.45, 7) is 6.42. The van der Waals surface area contributed by atoms with Crippen molar-refractivity contribution in [3.8, 4) is 11.8 Å². The summed E-state index contributed by atoms with van der Waals surface area (Å²) < 4.78 is 50.5. The van der Waals surface area contributed by atoms with Crippen molar-refractivity contribution in [1.29, 1.82) is 0 Å². The standard InChI is InChI=1S/C34H44F3NO3/c1-31(2,40-5)17-18-33(39)16-14-29-27-13-10-24-15-20-41-19-6-7-26(24)30(27)28(21-32(29,33)3)23-8-11-25(12-9-23)38(4)22-34(35,36)37/h8-9,11-12,15,27-29,39H,6-7,10,13-14,16,19-22H2,1-5H3/b24-15-/t27-,28+,29-,32-,33+/m0/s1. The Hall–Kier alpha value is -2.27. The quantitative estimate of drug-likeness (QED) is 0.389. The minimum Gasteiger partial charge on any atom is -0.377 e. The van der Waals surface area contributed by atoms with Crippen LogP contribution >= 0.6 is 0 Å². The van der Waals surface area contributed by atoms with Crippen molar-refractivity contribution < 1.29 is 27.8 Å². The van der Waals surface area contributed by atoms with Crippen LogP contribution in [0.1, 0.15) is 77.2 Å². The fourth-order valence-electron chi connectivity index (χ4n) is 7.94. The Morgan fingerprint density at radius 1 is 1.15 bits per heavy atom. The van der Waals surface area contributed by atoms with E-state index in [9.17, 15) is 18.3 Å². The van der Waals surface area contributed by atoms with Crippen LogP contribution in [0.15, 0.2) is 47.1 Å². The first kappa shape index (κ1) is 30.2. The summed E-state index contributed by atoms with van der Waals surface area (Å²) in [5, 5.41) is 12.2. The number of benzene rings is 1. The maximum Gasteiger partial charge on any atom is 0.405 e. The normalized spacial score (nSPS) is 33.3. The van der Waals surface area contributed by atoms with Crippen molar-refractivity contribution in [2.24, 2.45) is 17.3 Å². The van der Waals surface area contributed by atoms with Gasteiger partial charge in [0.15, 0.2) is 0 Å². The first-order valence-corrected chi connectivity index (χ1v) is 15.0. The van der Waals surface area contributed by atoms with Crippen molar-refractivity contribution in [1.82, 2.24) is 0 Å². The molecule has 0 amide bonds. The van der Waals surface area contributed by atoms with Gasteiger partial charge in [-0.05, 0) is 99.5 Å². The lowest BCUT2D eigenvalue weighted by atomic mass is 9.51. The average molecular weight is 572 g/mol. The SMILES string of the molecule is COC(C)(C)C#C[C@]1(O)CC[C@H]2[C@@H]3CC/C4=C/COCCCC4=C3[C@@H](c3ccc(N(C)CC(F)(F)F)cc3)C[C@@]21C. The molecule has 2 saturated carbocycles. The number of fused-ring (bicyclic) bond motifs is 4. The van der Waals surface area contributed by atoms with Crippen LogP contribution in [0.25, 0.3) is 0 Å². The van der Waals surface area contributed by atoms with E-state index in [-0.39, 0.29) is 5.92 Å². The third kappa shape index (κ3) is 5.85. The zero-order chi connectivity index (χ0) is 29.6. The fraction of sp³-hybridized carbons (Fsp3) is 0.647. The van der Waals surface area contributed by atoms with Crippen molar-refractivity contribution in [2.75, 3.05) is 38.8 Å². The molecule has 41 heavy (non-hydrogen) atoms. The van der Waals surface area contributed by atoms with E-state index in [0.717, 1.165) is 50.7 Å². The van der Waals surface area contributed by atoms with Crippen LogP contribution in [-0.2, 0) is 9.47 Å². The molecule has 0 unspecified atom stereocenters. The maximum absolute atomic E-state index is 13.1. The third-order valence-corrected chi connectivity index (χ3v) is 10.3. The van der Waals surface area contributed by atoms with E-state index in [2.05, 4.69) is 24.8 Å². The van der Waals surface area contributed by atoms with Gasteiger partial charge in [0.05, 0.1) is 6.61 Å². The molecule has 1 heterocycles. The van der Waals surface area contributed by atoms with Gasteiger partial charge in [-0.3, -0.25) is 0 Å². The number of rotatable bonds is 4. The molecule has 5 atom stereocenters. The van der Waals surface area contributed by atoms with Gasteiger partial charge in [0.25, 0.3) is 0 Å². The van der Waals surface area contributed by atoms with Crippen molar-refractivity contribution in [3.05, 3.63) is 52.6 Å². The molecule has 224 valence electrons. The fourth-order valence-corrected chi connectivity index (χ4v) is 7.94. The Labute approximate surface area is 243 Å². The number of alkyl halides is 3. The Morgan fingerprint density at radius 3 is 2.56 bits per heavy atom. The van der Waals surface area contributed by atoms with Gasteiger partial charge in [0.2, 0.25) is 0 Å². The molecule has 0 spiro atoms. The second-order valence-corrected chi connectivity index (χ2v) is 13.2. The topological polar surface area (TPSA) is 41.9 Å². The molecule has 0 aromatic heterocycles. The molecular weight excluding hydrogens is 527 g/mol. The number of halogens is 3. The second kappa shape index (κ2) is 11.1. The Bertz CT molecular complexity index is 1250. The number of aliphatic hydroxyl groups is 1. The number of ether oxygens (including phenoxy) is 2. The molecule has 5 rings (SSSR count). The smallest absolute Gasteiger partial charge is 0.377 e. The molecular formula is C34H44F3NO3. The van der Waals surface area contributed by atoms with E-state index in [0.29, 0.717) is 30.6 Å². The Morgan fingerprint density at radius 2 is 1.88 bits per heavy atom. The molecule has 1 aromatic carbocycles. The Kier molecular flexibility index (Phi) is 8.17. The maximum atomic E-state index is 13.1. The highest BCUT2D eigenvalue weighted by molar-refractivity contribution is 5.52. The van der Waals surface area contributed by atoms with E-state index in [1.165, 1.54) is 28.7 Å². The Balaban J connectivity index is 1.59. The number of hydrogen-bond acceptors (Lipinski definition) is 4. The van der Waals surface area contributed by atoms with Crippen LogP contribution in [-0.4, -0.2) is 56.4 Å². The number of allylic oxidation sites excluding steroid dienone is 3. The molecule has 4 aliphatic rings. The molecule has 7 heteroatoms. The predicted octanol–water partition coefficient (Wildman–Crippen LogP) is 7.19. The van der Waals surface area contributed by atoms with Crippen LogP contribution in [0, 0.1) is 29.1 Å². The van der Waals surface area contributed by atoms with Crippen LogP contribution in [0.5, 0.6) is 0 Å². The highest BCUT2D eigenvalue weighted by Gasteiger charge is 2.62. The van der Waals surface area contributed by atoms with Crippen molar-refractivity contribution in [3.63, 3.8) is 0 Å². The first-order chi connectivity index (χ1) is 19.3. The summed E-state index contributed by atoms with van der Waals surface area (Å²) in [4.78, 5) is 1.24. The number of hydrogen-bond donors (Lipinski definition) is 1. The van der Waals surface area contributed by atoms with Gasteiger partial charge in [-0.25, -0.2) is 0 Å². The molecule has 1 aromatic rings. The zero-order valence-corrected chi connectivity index (χ0v) is 25.0. The summed E-state index contributed by atoms with van der Waals surface area (Å²) in [7, 11) is 3.11. The van der Waals surface area contributed by atoms with E-state index in [4.69, 9.17) is 9.47 Å². The first-order valence-electron chi connectivity index (χ1n) is 15.0. The largest absolute Gasteiger partial charge is 0.405 e. The summed E-state index contributed by atoms with van der Waals surface area (Å²) in [5.74, 6) is 7.23. The molecule has 2 fully saturated rings. The van der Waals surface area contributed by atoms with Gasteiger partial charge in [0, 0.05) is 37.8 Å². The summed E-state index contributed by atoms with van der Waals surface area (Å²) in [6.07, 6.45) is 4.26. The van der Waals surface area contributed by atoms with E-state index >= 15 is 0 Å². The highest BCUT2D eigenvalue weighted by Crippen LogP contribution is 2.66. The van der Waals surface area contributed by atoms with Crippen LogP contribution < -0.4 is 4.90 Å². The zero-order valence-electron chi connectivity index (χ0n) is 25.0. The lowest BCUT2D eigenvalue weighted by molar-refractivity contribution is -0.119. The van der Waals surface area contributed by atoms with Gasteiger partial charge in [-0.15, -0.1) is 0 Å². The molecule has 1 N–H and O–H groups in total. The van der Waals surface area contributed by atoms with Gasteiger partial charge < -0.3 is 19.5 Å². The van der Waals surface area contributed by atoms with Gasteiger partial charge in [-0.1, -0.05) is 42.5 Å². The number of nitrogens with zero attached hydrogens (tertiary/aromatic N) is 1. The molecule has 0 radical (unpaired) electrons. The molecule has 0 saturated heterocycles. The number of anilines is 1. The lowest BCUT2D eigenvalue weighted by Crippen LogP contribution is -2.51.